The number of fused-ring (bicyclic) bond motifs is 1. The van der Waals surface area contributed by atoms with Crippen molar-refractivity contribution in [2.75, 3.05) is 5.32 Å². The van der Waals surface area contributed by atoms with Crippen molar-refractivity contribution in [3.8, 4) is 0 Å². The highest BCUT2D eigenvalue weighted by molar-refractivity contribution is 9.10. The van der Waals surface area contributed by atoms with Gasteiger partial charge in [-0.15, -0.1) is 0 Å². The zero-order valence-electron chi connectivity index (χ0n) is 12.0. The van der Waals surface area contributed by atoms with E-state index in [4.69, 9.17) is 4.98 Å². The maximum atomic E-state index is 12.8. The average molecular weight is 348 g/mol. The Hall–Kier alpha value is -1.36. The van der Waals surface area contributed by atoms with E-state index < -0.39 is 0 Å². The largest absolute Gasteiger partial charge is 0.350 e. The van der Waals surface area contributed by atoms with Gasteiger partial charge in [0.2, 0.25) is 5.95 Å². The Labute approximate surface area is 131 Å². The van der Waals surface area contributed by atoms with Crippen LogP contribution in [0.1, 0.15) is 45.1 Å². The van der Waals surface area contributed by atoms with Crippen molar-refractivity contribution in [2.45, 2.75) is 50.6 Å². The summed E-state index contributed by atoms with van der Waals surface area (Å²) < 4.78 is 2.75. The van der Waals surface area contributed by atoms with Crippen LogP contribution in [0, 0.1) is 0 Å². The van der Waals surface area contributed by atoms with Crippen LogP contribution in [0.15, 0.2) is 27.5 Å². The van der Waals surface area contributed by atoms with Gasteiger partial charge in [0.1, 0.15) is 0 Å². The minimum atomic E-state index is 0.0780. The van der Waals surface area contributed by atoms with Crippen LogP contribution in [0.2, 0.25) is 0 Å². The molecule has 0 saturated heterocycles. The fourth-order valence-corrected chi connectivity index (χ4v) is 3.50. The molecule has 1 heterocycles. The number of nitrogens with one attached hydrogen (secondary N) is 1. The third-order valence-corrected chi connectivity index (χ3v) is 5.30. The van der Waals surface area contributed by atoms with Crippen LogP contribution >= 0.6 is 15.9 Å². The van der Waals surface area contributed by atoms with Crippen LogP contribution in [-0.2, 0) is 0 Å². The first-order valence-corrected chi connectivity index (χ1v) is 8.36. The first-order valence-electron chi connectivity index (χ1n) is 7.56. The van der Waals surface area contributed by atoms with Gasteiger partial charge < -0.3 is 5.32 Å². The topological polar surface area (TPSA) is 46.9 Å². The van der Waals surface area contributed by atoms with Gasteiger partial charge in [0, 0.05) is 16.1 Å². The molecule has 2 saturated carbocycles. The van der Waals surface area contributed by atoms with Gasteiger partial charge in [-0.3, -0.25) is 9.36 Å². The third kappa shape index (κ3) is 2.18. The number of halogens is 1. The van der Waals surface area contributed by atoms with Crippen LogP contribution in [0.3, 0.4) is 0 Å². The smallest absolute Gasteiger partial charge is 0.263 e. The lowest BCUT2D eigenvalue weighted by Gasteiger charge is -2.40. The second kappa shape index (κ2) is 4.57. The number of anilines is 1. The molecule has 0 aliphatic heterocycles. The molecule has 4 nitrogen and oxygen atoms in total. The predicted molar refractivity (Wildman–Crippen MR) is 87.9 cm³/mol. The first kappa shape index (κ1) is 13.3. The van der Waals surface area contributed by atoms with Crippen molar-refractivity contribution in [3.63, 3.8) is 0 Å². The molecule has 1 aromatic heterocycles. The molecule has 4 rings (SSSR count). The lowest BCUT2D eigenvalue weighted by Crippen LogP contribution is -2.43. The maximum absolute atomic E-state index is 12.8. The molecular weight excluding hydrogens is 330 g/mol. The second-order valence-corrected chi connectivity index (χ2v) is 7.37. The molecule has 0 radical (unpaired) electrons. The van der Waals surface area contributed by atoms with Gasteiger partial charge in [-0.1, -0.05) is 6.07 Å². The summed E-state index contributed by atoms with van der Waals surface area (Å²) >= 11 is 3.51. The average Bonchev–Trinajstić information content (AvgIpc) is 3.23. The van der Waals surface area contributed by atoms with Gasteiger partial charge in [-0.05, 0) is 67.1 Å². The fraction of sp³-hybridized carbons (Fsp3) is 0.500. The highest BCUT2D eigenvalue weighted by atomic mass is 79.9. The van der Waals surface area contributed by atoms with E-state index >= 15 is 0 Å². The molecule has 110 valence electrons. The molecule has 2 aliphatic rings. The van der Waals surface area contributed by atoms with Gasteiger partial charge in [0.15, 0.2) is 0 Å². The monoisotopic (exact) mass is 347 g/mol. The summed E-state index contributed by atoms with van der Waals surface area (Å²) in [5.74, 6) is 0.740. The summed E-state index contributed by atoms with van der Waals surface area (Å²) in [6.45, 7) is 2.21. The summed E-state index contributed by atoms with van der Waals surface area (Å²) in [5.41, 5.74) is 0.921. The number of hydrogen-bond acceptors (Lipinski definition) is 3. The maximum Gasteiger partial charge on any atom is 0.263 e. The predicted octanol–water partition coefficient (Wildman–Crippen LogP) is 3.85. The van der Waals surface area contributed by atoms with Gasteiger partial charge in [0.25, 0.3) is 5.56 Å². The summed E-state index contributed by atoms with van der Waals surface area (Å²) in [4.78, 5) is 17.6. The molecule has 0 spiro atoms. The molecule has 1 N–H and O–H groups in total. The lowest BCUT2D eigenvalue weighted by molar-refractivity contribution is 0.303. The van der Waals surface area contributed by atoms with E-state index in [-0.39, 0.29) is 11.1 Å². The molecular formula is C16H18BrN3O. The highest BCUT2D eigenvalue weighted by Crippen LogP contribution is 2.39. The highest BCUT2D eigenvalue weighted by Gasteiger charge is 2.35. The van der Waals surface area contributed by atoms with Crippen molar-refractivity contribution in [3.05, 3.63) is 33.0 Å². The third-order valence-electron chi connectivity index (χ3n) is 4.66. The van der Waals surface area contributed by atoms with Crippen LogP contribution < -0.4 is 10.9 Å². The number of para-hydroxylation sites is 1. The minimum absolute atomic E-state index is 0.0780. The molecule has 2 aliphatic carbocycles. The van der Waals surface area contributed by atoms with Gasteiger partial charge in [0.05, 0.1) is 10.9 Å². The van der Waals surface area contributed by atoms with Crippen LogP contribution in [0.5, 0.6) is 0 Å². The van der Waals surface area contributed by atoms with Crippen molar-refractivity contribution < 1.29 is 0 Å². The molecule has 2 aromatic rings. The van der Waals surface area contributed by atoms with E-state index in [1.165, 1.54) is 6.42 Å². The summed E-state index contributed by atoms with van der Waals surface area (Å²) in [5, 5.41) is 4.23. The van der Waals surface area contributed by atoms with Crippen molar-refractivity contribution in [2.24, 2.45) is 0 Å². The van der Waals surface area contributed by atoms with Crippen molar-refractivity contribution >= 4 is 32.8 Å². The van der Waals surface area contributed by atoms with Crippen LogP contribution in [0.25, 0.3) is 10.9 Å². The molecule has 5 heteroatoms. The second-order valence-electron chi connectivity index (χ2n) is 6.52. The Morgan fingerprint density at radius 2 is 2.14 bits per heavy atom. The number of benzene rings is 1. The van der Waals surface area contributed by atoms with Gasteiger partial charge in [-0.25, -0.2) is 4.98 Å². The van der Waals surface area contributed by atoms with Gasteiger partial charge in [-0.2, -0.15) is 0 Å². The van der Waals surface area contributed by atoms with E-state index in [0.29, 0.717) is 11.4 Å². The van der Waals surface area contributed by atoms with Gasteiger partial charge >= 0.3 is 0 Å². The Kier molecular flexibility index (Phi) is 2.89. The van der Waals surface area contributed by atoms with Crippen LogP contribution in [0.4, 0.5) is 5.95 Å². The molecule has 0 unspecified atom stereocenters. The van der Waals surface area contributed by atoms with E-state index in [2.05, 4.69) is 28.2 Å². The van der Waals surface area contributed by atoms with E-state index in [0.717, 1.165) is 41.6 Å². The minimum Gasteiger partial charge on any atom is -0.350 e. The van der Waals surface area contributed by atoms with E-state index in [1.807, 2.05) is 22.8 Å². The molecule has 2 fully saturated rings. The van der Waals surface area contributed by atoms with Crippen molar-refractivity contribution in [1.29, 1.82) is 0 Å². The zero-order valence-corrected chi connectivity index (χ0v) is 13.6. The fourth-order valence-electron chi connectivity index (χ4n) is 3.05. The number of nitrogens with zero attached hydrogens (tertiary/aromatic N) is 2. The van der Waals surface area contributed by atoms with Crippen LogP contribution in [-0.4, -0.2) is 15.1 Å². The summed E-state index contributed by atoms with van der Waals surface area (Å²) in [6, 6.07) is 6.01. The summed E-state index contributed by atoms with van der Waals surface area (Å²) in [6.07, 6.45) is 5.68. The number of rotatable bonds is 3. The first-order chi connectivity index (χ1) is 10.1. The summed E-state index contributed by atoms with van der Waals surface area (Å²) in [7, 11) is 0. The lowest BCUT2D eigenvalue weighted by atomic mass is 9.79. The normalized spacial score (nSPS) is 20.3. The van der Waals surface area contributed by atoms with E-state index in [9.17, 15) is 4.79 Å². The van der Waals surface area contributed by atoms with Crippen molar-refractivity contribution in [1.82, 2.24) is 9.55 Å². The molecule has 1 aromatic carbocycles. The number of hydrogen-bond donors (Lipinski definition) is 1. The SMILES string of the molecule is CC1(Nc2nc3c(Br)cccc3c(=O)n2C2CC2)CCC1. The standard InChI is InChI=1S/C16H18BrN3O/c1-16(8-3-9-16)19-15-18-13-11(4-2-5-12(13)17)14(21)20(15)10-6-7-10/h2,4-5,10H,3,6-9H2,1H3,(H,18,19). The number of aromatic nitrogens is 2. The molecule has 0 bridgehead atoms. The zero-order chi connectivity index (χ0) is 14.6. The molecule has 0 atom stereocenters. The quantitative estimate of drug-likeness (QED) is 0.917. The Morgan fingerprint density at radius 1 is 1.38 bits per heavy atom. The Balaban J connectivity index is 1.92. The Bertz CT molecular complexity index is 775. The molecule has 0 amide bonds. The van der Waals surface area contributed by atoms with E-state index in [1.54, 1.807) is 0 Å². The Morgan fingerprint density at radius 3 is 2.76 bits per heavy atom. The molecule has 21 heavy (non-hydrogen) atoms.